The van der Waals surface area contributed by atoms with Gasteiger partial charge in [0.2, 0.25) is 0 Å². The van der Waals surface area contributed by atoms with Crippen LogP contribution in [0.5, 0.6) is 0 Å². The minimum absolute atomic E-state index is 0.00663. The predicted molar refractivity (Wildman–Crippen MR) is 76.0 cm³/mol. The van der Waals surface area contributed by atoms with Crippen molar-refractivity contribution >= 4 is 5.69 Å². The Kier molecular flexibility index (Phi) is 2.74. The van der Waals surface area contributed by atoms with Crippen molar-refractivity contribution in [2.75, 3.05) is 11.9 Å². The molecule has 2 heterocycles. The molecule has 0 aliphatic carbocycles. The Labute approximate surface area is 117 Å². The first-order valence-corrected chi connectivity index (χ1v) is 7.05. The van der Waals surface area contributed by atoms with E-state index in [0.29, 0.717) is 5.92 Å². The molecule has 0 bridgehead atoms. The van der Waals surface area contributed by atoms with Crippen LogP contribution in [0.3, 0.4) is 0 Å². The molecule has 2 aliphatic heterocycles. The average Bonchev–Trinajstić information content (AvgIpc) is 2.97. The molecule has 102 valence electrons. The summed E-state index contributed by atoms with van der Waals surface area (Å²) in [5.41, 5.74) is 3.21. The van der Waals surface area contributed by atoms with Crippen LogP contribution in [0.25, 0.3) is 0 Å². The summed E-state index contributed by atoms with van der Waals surface area (Å²) in [7, 11) is 0. The molecule has 0 radical (unpaired) electrons. The Hall–Kier alpha value is -1.87. The number of hydrogen-bond acceptors (Lipinski definition) is 2. The third-order valence-corrected chi connectivity index (χ3v) is 4.36. The van der Waals surface area contributed by atoms with Gasteiger partial charge in [-0.15, -0.1) is 0 Å². The van der Waals surface area contributed by atoms with Gasteiger partial charge in [0.05, 0.1) is 12.1 Å². The lowest BCUT2D eigenvalue weighted by atomic mass is 9.81. The van der Waals surface area contributed by atoms with Gasteiger partial charge in [-0.05, 0) is 30.2 Å². The maximum Gasteiger partial charge on any atom is 0.123 e. The molecule has 4 rings (SSSR count). The summed E-state index contributed by atoms with van der Waals surface area (Å²) < 4.78 is 19.4. The second-order valence-corrected chi connectivity index (χ2v) is 5.51. The maximum atomic E-state index is 13.5. The zero-order chi connectivity index (χ0) is 13.5. The van der Waals surface area contributed by atoms with Crippen molar-refractivity contribution in [2.24, 2.45) is 5.92 Å². The van der Waals surface area contributed by atoms with Gasteiger partial charge < -0.3 is 10.1 Å². The van der Waals surface area contributed by atoms with E-state index < -0.39 is 0 Å². The first-order valence-electron chi connectivity index (χ1n) is 7.05. The van der Waals surface area contributed by atoms with Crippen molar-refractivity contribution < 1.29 is 9.13 Å². The fourth-order valence-electron chi connectivity index (χ4n) is 3.43. The lowest BCUT2D eigenvalue weighted by Gasteiger charge is -2.36. The Balaban J connectivity index is 1.79. The topological polar surface area (TPSA) is 21.3 Å². The molecule has 0 amide bonds. The maximum absolute atomic E-state index is 13.5. The van der Waals surface area contributed by atoms with E-state index in [-0.39, 0.29) is 18.0 Å². The summed E-state index contributed by atoms with van der Waals surface area (Å²) in [6.45, 7) is 0.746. The van der Waals surface area contributed by atoms with Crippen LogP contribution in [0.2, 0.25) is 0 Å². The Morgan fingerprint density at radius 1 is 1.10 bits per heavy atom. The van der Waals surface area contributed by atoms with Crippen LogP contribution in [0, 0.1) is 11.7 Å². The highest BCUT2D eigenvalue weighted by molar-refractivity contribution is 5.57. The molecule has 3 heteroatoms. The van der Waals surface area contributed by atoms with Crippen LogP contribution in [-0.2, 0) is 4.74 Å². The minimum Gasteiger partial charge on any atom is -0.378 e. The van der Waals surface area contributed by atoms with Gasteiger partial charge in [-0.25, -0.2) is 4.39 Å². The first kappa shape index (κ1) is 11.9. The largest absolute Gasteiger partial charge is 0.378 e. The van der Waals surface area contributed by atoms with Crippen molar-refractivity contribution in [1.82, 2.24) is 0 Å². The number of halogens is 1. The number of rotatable bonds is 1. The third-order valence-electron chi connectivity index (χ3n) is 4.36. The summed E-state index contributed by atoms with van der Waals surface area (Å²) in [6, 6.07) is 15.6. The molecule has 2 nitrogen and oxygen atoms in total. The molecule has 1 N–H and O–H groups in total. The molecule has 3 atom stereocenters. The zero-order valence-corrected chi connectivity index (χ0v) is 11.1. The molecule has 2 aromatic rings. The molecule has 0 unspecified atom stereocenters. The van der Waals surface area contributed by atoms with Gasteiger partial charge in [0.15, 0.2) is 0 Å². The van der Waals surface area contributed by atoms with Gasteiger partial charge >= 0.3 is 0 Å². The van der Waals surface area contributed by atoms with Gasteiger partial charge in [0, 0.05) is 23.8 Å². The second-order valence-electron chi connectivity index (χ2n) is 5.51. The van der Waals surface area contributed by atoms with Crippen LogP contribution in [0.1, 0.15) is 29.7 Å². The van der Waals surface area contributed by atoms with Crippen LogP contribution < -0.4 is 5.32 Å². The van der Waals surface area contributed by atoms with Crippen molar-refractivity contribution in [1.29, 1.82) is 0 Å². The number of fused-ring (bicyclic) bond motifs is 3. The summed E-state index contributed by atoms with van der Waals surface area (Å²) in [5, 5.41) is 3.57. The average molecular weight is 269 g/mol. The minimum atomic E-state index is -0.196. The standard InChI is InChI=1S/C17H16FNO/c18-12-6-7-15-14(10-12)17-13(8-9-20-17)16(19-15)11-4-2-1-3-5-11/h1-7,10,13,16-17,19H,8-9H2/t13-,16-,17+/m0/s1. The number of hydrogen-bond donors (Lipinski definition) is 1. The second kappa shape index (κ2) is 4.60. The fourth-order valence-corrected chi connectivity index (χ4v) is 3.43. The normalized spacial score (nSPS) is 27.6. The van der Waals surface area contributed by atoms with Crippen LogP contribution >= 0.6 is 0 Å². The van der Waals surface area contributed by atoms with E-state index in [1.54, 1.807) is 6.07 Å². The summed E-state index contributed by atoms with van der Waals surface area (Å²) in [6.07, 6.45) is 1.01. The van der Waals surface area contributed by atoms with E-state index in [0.717, 1.165) is 24.3 Å². The highest BCUT2D eigenvalue weighted by Crippen LogP contribution is 2.49. The van der Waals surface area contributed by atoms with Crippen LogP contribution in [0.15, 0.2) is 48.5 Å². The lowest BCUT2D eigenvalue weighted by Crippen LogP contribution is -2.29. The molecular weight excluding hydrogens is 253 g/mol. The Morgan fingerprint density at radius 2 is 1.95 bits per heavy atom. The van der Waals surface area contributed by atoms with E-state index in [2.05, 4.69) is 29.6 Å². The number of nitrogens with one attached hydrogen (secondary N) is 1. The highest BCUT2D eigenvalue weighted by atomic mass is 19.1. The van der Waals surface area contributed by atoms with Crippen molar-refractivity contribution in [3.05, 3.63) is 65.5 Å². The number of anilines is 1. The summed E-state index contributed by atoms with van der Waals surface area (Å²) in [5.74, 6) is 0.171. The predicted octanol–water partition coefficient (Wildman–Crippen LogP) is 4.07. The van der Waals surface area contributed by atoms with Crippen LogP contribution in [-0.4, -0.2) is 6.61 Å². The smallest absolute Gasteiger partial charge is 0.123 e. The molecule has 1 saturated heterocycles. The van der Waals surface area contributed by atoms with E-state index in [4.69, 9.17) is 4.74 Å². The van der Waals surface area contributed by atoms with Crippen molar-refractivity contribution in [3.63, 3.8) is 0 Å². The SMILES string of the molecule is Fc1ccc2c(c1)[C@@H]1OCC[C@H]1[C@H](c1ccccc1)N2. The molecule has 0 aromatic heterocycles. The molecule has 20 heavy (non-hydrogen) atoms. The Morgan fingerprint density at radius 3 is 2.80 bits per heavy atom. The number of ether oxygens (including phenoxy) is 1. The summed E-state index contributed by atoms with van der Waals surface area (Å²) >= 11 is 0. The molecule has 2 aromatic carbocycles. The molecule has 2 aliphatic rings. The molecule has 1 fully saturated rings. The van der Waals surface area contributed by atoms with E-state index in [1.165, 1.54) is 11.6 Å². The Bertz CT molecular complexity index is 628. The van der Waals surface area contributed by atoms with E-state index in [9.17, 15) is 4.39 Å². The highest BCUT2D eigenvalue weighted by Gasteiger charge is 2.41. The van der Waals surface area contributed by atoms with Gasteiger partial charge in [0.1, 0.15) is 5.82 Å². The van der Waals surface area contributed by atoms with Gasteiger partial charge in [-0.3, -0.25) is 0 Å². The lowest BCUT2D eigenvalue weighted by molar-refractivity contribution is 0.0826. The molecule has 0 saturated carbocycles. The van der Waals surface area contributed by atoms with Gasteiger partial charge in [-0.2, -0.15) is 0 Å². The number of benzene rings is 2. The first-order chi connectivity index (χ1) is 9.83. The molecule has 0 spiro atoms. The monoisotopic (exact) mass is 269 g/mol. The van der Waals surface area contributed by atoms with Gasteiger partial charge in [0.25, 0.3) is 0 Å². The van der Waals surface area contributed by atoms with Crippen LogP contribution in [0.4, 0.5) is 10.1 Å². The zero-order valence-electron chi connectivity index (χ0n) is 11.1. The quantitative estimate of drug-likeness (QED) is 0.842. The van der Waals surface area contributed by atoms with E-state index >= 15 is 0 Å². The van der Waals surface area contributed by atoms with E-state index in [1.807, 2.05) is 12.1 Å². The summed E-state index contributed by atoms with van der Waals surface area (Å²) in [4.78, 5) is 0. The fraction of sp³-hybridized carbons (Fsp3) is 0.294. The van der Waals surface area contributed by atoms with Gasteiger partial charge in [-0.1, -0.05) is 30.3 Å². The third kappa shape index (κ3) is 1.81. The molecular formula is C17H16FNO. The van der Waals surface area contributed by atoms with Crippen molar-refractivity contribution in [3.8, 4) is 0 Å². The van der Waals surface area contributed by atoms with Crippen molar-refractivity contribution in [2.45, 2.75) is 18.6 Å².